The normalized spacial score (nSPS) is 31.8. The molecule has 3 rings (SSSR count). The molecule has 1 amide bonds. The molecular weight excluding hydrogens is 256 g/mol. The lowest BCUT2D eigenvalue weighted by atomic mass is 10.0. The van der Waals surface area contributed by atoms with Gasteiger partial charge in [0.15, 0.2) is 0 Å². The van der Waals surface area contributed by atoms with Crippen LogP contribution in [-0.4, -0.2) is 74.4 Å². The standard InChI is InChI=1S/C15H26N2O3/c1-12-8-17(15(18)11-20-10-13-2-3-13)9-14(12)16-4-6-19-7-5-16/h12-14H,2-11H2,1H3/t12-,14-/m1/s1. The fourth-order valence-corrected chi connectivity index (χ4v) is 3.23. The summed E-state index contributed by atoms with van der Waals surface area (Å²) in [7, 11) is 0. The first-order valence-corrected chi connectivity index (χ1v) is 7.91. The molecule has 2 saturated heterocycles. The van der Waals surface area contributed by atoms with Crippen molar-refractivity contribution in [2.75, 3.05) is 52.6 Å². The van der Waals surface area contributed by atoms with Crippen molar-refractivity contribution in [3.8, 4) is 0 Å². The lowest BCUT2D eigenvalue weighted by Gasteiger charge is -2.33. The van der Waals surface area contributed by atoms with E-state index in [1.54, 1.807) is 0 Å². The molecule has 0 aromatic rings. The van der Waals surface area contributed by atoms with Gasteiger partial charge in [-0.2, -0.15) is 0 Å². The van der Waals surface area contributed by atoms with Crippen LogP contribution in [0.5, 0.6) is 0 Å². The van der Waals surface area contributed by atoms with Gasteiger partial charge in [-0.15, -0.1) is 0 Å². The molecule has 3 aliphatic rings. The number of rotatable bonds is 5. The Labute approximate surface area is 121 Å². The van der Waals surface area contributed by atoms with E-state index in [0.717, 1.165) is 51.9 Å². The highest BCUT2D eigenvalue weighted by molar-refractivity contribution is 5.77. The smallest absolute Gasteiger partial charge is 0.248 e. The summed E-state index contributed by atoms with van der Waals surface area (Å²) in [6, 6.07) is 0.492. The molecule has 0 spiro atoms. The second-order valence-electron chi connectivity index (χ2n) is 6.45. The molecule has 114 valence electrons. The number of carbonyl (C=O) groups excluding carboxylic acids is 1. The first-order chi connectivity index (χ1) is 9.74. The number of hydrogen-bond donors (Lipinski definition) is 0. The summed E-state index contributed by atoms with van der Waals surface area (Å²) in [5.74, 6) is 1.43. The fraction of sp³-hybridized carbons (Fsp3) is 0.933. The van der Waals surface area contributed by atoms with Crippen LogP contribution in [-0.2, 0) is 14.3 Å². The van der Waals surface area contributed by atoms with Gasteiger partial charge in [0.1, 0.15) is 6.61 Å². The maximum absolute atomic E-state index is 12.2. The molecule has 5 nitrogen and oxygen atoms in total. The van der Waals surface area contributed by atoms with Gasteiger partial charge in [-0.1, -0.05) is 6.92 Å². The lowest BCUT2D eigenvalue weighted by Crippen LogP contribution is -2.47. The lowest BCUT2D eigenvalue weighted by molar-refractivity contribution is -0.135. The van der Waals surface area contributed by atoms with Crippen molar-refractivity contribution in [1.29, 1.82) is 0 Å². The van der Waals surface area contributed by atoms with Crippen LogP contribution in [0.4, 0.5) is 0 Å². The number of carbonyl (C=O) groups is 1. The summed E-state index contributed by atoms with van der Waals surface area (Å²) >= 11 is 0. The van der Waals surface area contributed by atoms with Crippen molar-refractivity contribution in [1.82, 2.24) is 9.80 Å². The summed E-state index contributed by atoms with van der Waals surface area (Å²) in [6.07, 6.45) is 2.54. The quantitative estimate of drug-likeness (QED) is 0.740. The molecule has 0 N–H and O–H groups in total. The third-order valence-corrected chi connectivity index (χ3v) is 4.72. The third-order valence-electron chi connectivity index (χ3n) is 4.72. The Morgan fingerprint density at radius 3 is 2.70 bits per heavy atom. The predicted molar refractivity (Wildman–Crippen MR) is 75.5 cm³/mol. The predicted octanol–water partition coefficient (Wildman–Crippen LogP) is 0.592. The number of ether oxygens (including phenoxy) is 2. The highest BCUT2D eigenvalue weighted by atomic mass is 16.5. The zero-order valence-electron chi connectivity index (χ0n) is 12.4. The highest BCUT2D eigenvalue weighted by Crippen LogP contribution is 2.29. The van der Waals surface area contributed by atoms with Crippen LogP contribution in [0.15, 0.2) is 0 Å². The van der Waals surface area contributed by atoms with Crippen molar-refractivity contribution < 1.29 is 14.3 Å². The Balaban J connectivity index is 1.44. The molecule has 0 radical (unpaired) electrons. The maximum atomic E-state index is 12.2. The largest absolute Gasteiger partial charge is 0.379 e. The number of likely N-dealkylation sites (tertiary alicyclic amines) is 1. The van der Waals surface area contributed by atoms with E-state index in [2.05, 4.69) is 11.8 Å². The second-order valence-corrected chi connectivity index (χ2v) is 6.45. The highest BCUT2D eigenvalue weighted by Gasteiger charge is 2.36. The summed E-state index contributed by atoms with van der Waals surface area (Å²) in [5.41, 5.74) is 0. The zero-order chi connectivity index (χ0) is 13.9. The summed E-state index contributed by atoms with van der Waals surface area (Å²) in [6.45, 7) is 8.63. The van der Waals surface area contributed by atoms with Gasteiger partial charge < -0.3 is 14.4 Å². The SMILES string of the molecule is C[C@@H]1CN(C(=O)COCC2CC2)C[C@H]1N1CCOCC1. The van der Waals surface area contributed by atoms with Crippen molar-refractivity contribution in [3.05, 3.63) is 0 Å². The summed E-state index contributed by atoms with van der Waals surface area (Å²) in [4.78, 5) is 16.6. The minimum atomic E-state index is 0.160. The average molecular weight is 282 g/mol. The summed E-state index contributed by atoms with van der Waals surface area (Å²) in [5, 5.41) is 0. The topological polar surface area (TPSA) is 42.0 Å². The molecule has 0 aromatic carbocycles. The number of hydrogen-bond acceptors (Lipinski definition) is 4. The molecule has 20 heavy (non-hydrogen) atoms. The van der Waals surface area contributed by atoms with Gasteiger partial charge in [0, 0.05) is 32.2 Å². The summed E-state index contributed by atoms with van der Waals surface area (Å²) < 4.78 is 10.9. The number of amides is 1. The molecule has 3 fully saturated rings. The first-order valence-electron chi connectivity index (χ1n) is 7.91. The van der Waals surface area contributed by atoms with Crippen LogP contribution in [0.25, 0.3) is 0 Å². The Bertz CT molecular complexity index is 340. The van der Waals surface area contributed by atoms with E-state index in [1.165, 1.54) is 12.8 Å². The van der Waals surface area contributed by atoms with Gasteiger partial charge in [-0.3, -0.25) is 9.69 Å². The number of morpholine rings is 1. The van der Waals surface area contributed by atoms with E-state index < -0.39 is 0 Å². The third kappa shape index (κ3) is 3.51. The molecule has 0 unspecified atom stereocenters. The Morgan fingerprint density at radius 2 is 2.00 bits per heavy atom. The fourth-order valence-electron chi connectivity index (χ4n) is 3.23. The Hall–Kier alpha value is -0.650. The van der Waals surface area contributed by atoms with Gasteiger partial charge in [-0.05, 0) is 24.7 Å². The molecule has 1 aliphatic carbocycles. The van der Waals surface area contributed by atoms with Crippen molar-refractivity contribution in [2.45, 2.75) is 25.8 Å². The molecule has 1 saturated carbocycles. The maximum Gasteiger partial charge on any atom is 0.248 e. The van der Waals surface area contributed by atoms with Gasteiger partial charge >= 0.3 is 0 Å². The molecule has 5 heteroatoms. The van der Waals surface area contributed by atoms with E-state index in [1.807, 2.05) is 4.90 Å². The molecule has 2 aliphatic heterocycles. The van der Waals surface area contributed by atoms with Crippen molar-refractivity contribution in [2.24, 2.45) is 11.8 Å². The van der Waals surface area contributed by atoms with E-state index >= 15 is 0 Å². The van der Waals surface area contributed by atoms with Crippen LogP contribution in [0, 0.1) is 11.8 Å². The van der Waals surface area contributed by atoms with Crippen LogP contribution in [0.2, 0.25) is 0 Å². The Morgan fingerprint density at radius 1 is 1.25 bits per heavy atom. The van der Waals surface area contributed by atoms with Gasteiger partial charge in [0.05, 0.1) is 19.8 Å². The average Bonchev–Trinajstić information content (AvgIpc) is 3.20. The van der Waals surface area contributed by atoms with Gasteiger partial charge in [-0.25, -0.2) is 0 Å². The van der Waals surface area contributed by atoms with E-state index in [0.29, 0.717) is 12.0 Å². The molecule has 0 aromatic heterocycles. The second kappa shape index (κ2) is 6.41. The van der Waals surface area contributed by atoms with Crippen LogP contribution < -0.4 is 0 Å². The zero-order valence-corrected chi connectivity index (χ0v) is 12.4. The number of nitrogens with zero attached hydrogens (tertiary/aromatic N) is 2. The van der Waals surface area contributed by atoms with Crippen molar-refractivity contribution >= 4 is 5.91 Å². The molecule has 0 bridgehead atoms. The minimum absolute atomic E-state index is 0.160. The monoisotopic (exact) mass is 282 g/mol. The molecular formula is C15H26N2O3. The molecule has 2 heterocycles. The van der Waals surface area contributed by atoms with Crippen LogP contribution in [0.3, 0.4) is 0 Å². The van der Waals surface area contributed by atoms with Crippen LogP contribution in [0.1, 0.15) is 19.8 Å². The van der Waals surface area contributed by atoms with Crippen molar-refractivity contribution in [3.63, 3.8) is 0 Å². The van der Waals surface area contributed by atoms with Crippen LogP contribution >= 0.6 is 0 Å². The van der Waals surface area contributed by atoms with Gasteiger partial charge in [0.2, 0.25) is 5.91 Å². The Kier molecular flexibility index (Phi) is 4.58. The van der Waals surface area contributed by atoms with E-state index in [4.69, 9.17) is 9.47 Å². The minimum Gasteiger partial charge on any atom is -0.379 e. The first kappa shape index (κ1) is 14.3. The van der Waals surface area contributed by atoms with E-state index in [-0.39, 0.29) is 12.5 Å². The van der Waals surface area contributed by atoms with E-state index in [9.17, 15) is 4.79 Å². The van der Waals surface area contributed by atoms with Gasteiger partial charge in [0.25, 0.3) is 0 Å². The molecule has 2 atom stereocenters.